The summed E-state index contributed by atoms with van der Waals surface area (Å²) in [6, 6.07) is 6.33. The molecule has 118 valence electrons. The summed E-state index contributed by atoms with van der Waals surface area (Å²) in [5, 5.41) is 0. The van der Waals surface area contributed by atoms with Gasteiger partial charge in [0.25, 0.3) is 0 Å². The number of ether oxygens (including phenoxy) is 1. The van der Waals surface area contributed by atoms with E-state index >= 15 is 0 Å². The molecule has 0 saturated carbocycles. The SMILES string of the molecule is Cc1ccc(-c2nc(CN3C[C@H](C)O[C@@H](C)C3)co2)c(C)c1. The summed E-state index contributed by atoms with van der Waals surface area (Å²) in [5.41, 5.74) is 4.50. The first-order valence-corrected chi connectivity index (χ1v) is 7.91. The third-order valence-corrected chi connectivity index (χ3v) is 4.04. The molecule has 22 heavy (non-hydrogen) atoms. The zero-order valence-electron chi connectivity index (χ0n) is 13.8. The standard InChI is InChI=1S/C18H24N2O2/c1-12-5-6-17(13(2)7-12)18-19-16(11-21-18)10-20-8-14(3)22-15(4)9-20/h5-7,11,14-15H,8-10H2,1-4H3/t14-,15-/m0/s1. The first kappa shape index (κ1) is 15.3. The number of nitrogens with zero attached hydrogens (tertiary/aromatic N) is 2. The van der Waals surface area contributed by atoms with Crippen LogP contribution in [0.2, 0.25) is 0 Å². The van der Waals surface area contributed by atoms with E-state index in [0.29, 0.717) is 5.89 Å². The first-order chi connectivity index (χ1) is 10.5. The highest BCUT2D eigenvalue weighted by atomic mass is 16.5. The van der Waals surface area contributed by atoms with Crippen LogP contribution in [0.25, 0.3) is 11.5 Å². The van der Waals surface area contributed by atoms with Gasteiger partial charge in [-0.15, -0.1) is 0 Å². The van der Waals surface area contributed by atoms with Crippen LogP contribution in [0.5, 0.6) is 0 Å². The van der Waals surface area contributed by atoms with Crippen molar-refractivity contribution in [2.45, 2.75) is 46.4 Å². The van der Waals surface area contributed by atoms with Crippen molar-refractivity contribution < 1.29 is 9.15 Å². The largest absolute Gasteiger partial charge is 0.444 e. The molecule has 2 aromatic rings. The smallest absolute Gasteiger partial charge is 0.226 e. The lowest BCUT2D eigenvalue weighted by molar-refractivity contribution is -0.0707. The van der Waals surface area contributed by atoms with E-state index in [1.807, 2.05) is 0 Å². The number of hydrogen-bond acceptors (Lipinski definition) is 4. The molecule has 0 N–H and O–H groups in total. The summed E-state index contributed by atoms with van der Waals surface area (Å²) in [5.74, 6) is 0.710. The average molecular weight is 300 g/mol. The van der Waals surface area contributed by atoms with Gasteiger partial charge in [0.2, 0.25) is 5.89 Å². The van der Waals surface area contributed by atoms with Gasteiger partial charge >= 0.3 is 0 Å². The zero-order chi connectivity index (χ0) is 15.7. The second-order valence-electron chi connectivity index (χ2n) is 6.41. The van der Waals surface area contributed by atoms with Crippen LogP contribution in [0.1, 0.15) is 30.7 Å². The van der Waals surface area contributed by atoms with Crippen LogP contribution in [0.4, 0.5) is 0 Å². The van der Waals surface area contributed by atoms with Gasteiger partial charge in [0, 0.05) is 25.2 Å². The summed E-state index contributed by atoms with van der Waals surface area (Å²) in [6.07, 6.45) is 2.32. The Morgan fingerprint density at radius 1 is 1.18 bits per heavy atom. The zero-order valence-corrected chi connectivity index (χ0v) is 13.8. The number of benzene rings is 1. The molecule has 4 heteroatoms. The van der Waals surface area contributed by atoms with E-state index in [2.05, 4.69) is 55.8 Å². The van der Waals surface area contributed by atoms with Gasteiger partial charge in [-0.05, 0) is 39.3 Å². The van der Waals surface area contributed by atoms with E-state index in [1.165, 1.54) is 11.1 Å². The Morgan fingerprint density at radius 3 is 2.59 bits per heavy atom. The molecule has 0 spiro atoms. The predicted molar refractivity (Wildman–Crippen MR) is 86.7 cm³/mol. The fourth-order valence-electron chi connectivity index (χ4n) is 3.20. The van der Waals surface area contributed by atoms with Crippen LogP contribution in [-0.4, -0.2) is 35.2 Å². The van der Waals surface area contributed by atoms with E-state index in [4.69, 9.17) is 9.15 Å². The third-order valence-electron chi connectivity index (χ3n) is 4.04. The maximum Gasteiger partial charge on any atom is 0.226 e. The molecule has 1 fully saturated rings. The molecule has 2 atom stereocenters. The van der Waals surface area contributed by atoms with Crippen molar-refractivity contribution in [3.63, 3.8) is 0 Å². The monoisotopic (exact) mass is 300 g/mol. The molecule has 0 unspecified atom stereocenters. The Kier molecular flexibility index (Phi) is 4.32. The van der Waals surface area contributed by atoms with Crippen molar-refractivity contribution >= 4 is 0 Å². The van der Waals surface area contributed by atoms with Crippen molar-refractivity contribution in [3.8, 4) is 11.5 Å². The lowest BCUT2D eigenvalue weighted by Crippen LogP contribution is -2.44. The van der Waals surface area contributed by atoms with Gasteiger partial charge in [-0.3, -0.25) is 4.90 Å². The summed E-state index contributed by atoms with van der Waals surface area (Å²) < 4.78 is 11.5. The molecule has 0 aliphatic carbocycles. The van der Waals surface area contributed by atoms with Crippen LogP contribution in [0, 0.1) is 13.8 Å². The quantitative estimate of drug-likeness (QED) is 0.868. The number of morpholine rings is 1. The van der Waals surface area contributed by atoms with Crippen LogP contribution < -0.4 is 0 Å². The molecular weight excluding hydrogens is 276 g/mol. The molecule has 0 radical (unpaired) electrons. The Labute approximate surface area is 132 Å². The van der Waals surface area contributed by atoms with E-state index in [9.17, 15) is 0 Å². The topological polar surface area (TPSA) is 38.5 Å². The third kappa shape index (κ3) is 3.39. The summed E-state index contributed by atoms with van der Waals surface area (Å²) in [7, 11) is 0. The lowest BCUT2D eigenvalue weighted by Gasteiger charge is -2.34. The molecule has 1 aliphatic heterocycles. The number of oxazole rings is 1. The highest BCUT2D eigenvalue weighted by Gasteiger charge is 2.23. The predicted octanol–water partition coefficient (Wildman–Crippen LogP) is 3.57. The summed E-state index contributed by atoms with van der Waals surface area (Å²) in [4.78, 5) is 7.04. The van der Waals surface area contributed by atoms with E-state index in [1.54, 1.807) is 6.26 Å². The van der Waals surface area contributed by atoms with Crippen LogP contribution in [-0.2, 0) is 11.3 Å². The Morgan fingerprint density at radius 2 is 1.91 bits per heavy atom. The number of hydrogen-bond donors (Lipinski definition) is 0. The van der Waals surface area contributed by atoms with Crippen molar-refractivity contribution in [2.24, 2.45) is 0 Å². The minimum absolute atomic E-state index is 0.273. The molecule has 0 amide bonds. The Hall–Kier alpha value is -1.65. The van der Waals surface area contributed by atoms with E-state index in [-0.39, 0.29) is 12.2 Å². The van der Waals surface area contributed by atoms with Gasteiger partial charge in [0.1, 0.15) is 6.26 Å². The van der Waals surface area contributed by atoms with Crippen molar-refractivity contribution in [1.82, 2.24) is 9.88 Å². The van der Waals surface area contributed by atoms with E-state index in [0.717, 1.165) is 30.9 Å². The minimum atomic E-state index is 0.273. The molecule has 0 bridgehead atoms. The molecule has 2 heterocycles. The Bertz CT molecular complexity index is 640. The Balaban J connectivity index is 1.73. The first-order valence-electron chi connectivity index (χ1n) is 7.91. The molecular formula is C18H24N2O2. The van der Waals surface area contributed by atoms with Crippen LogP contribution >= 0.6 is 0 Å². The fourth-order valence-corrected chi connectivity index (χ4v) is 3.20. The fraction of sp³-hybridized carbons (Fsp3) is 0.500. The van der Waals surface area contributed by atoms with Crippen molar-refractivity contribution in [2.75, 3.05) is 13.1 Å². The van der Waals surface area contributed by atoms with Crippen molar-refractivity contribution in [3.05, 3.63) is 41.3 Å². The summed E-state index contributed by atoms with van der Waals surface area (Å²) in [6.45, 7) is 11.1. The van der Waals surface area contributed by atoms with Gasteiger partial charge in [-0.25, -0.2) is 4.98 Å². The maximum atomic E-state index is 5.77. The van der Waals surface area contributed by atoms with E-state index < -0.39 is 0 Å². The highest BCUT2D eigenvalue weighted by molar-refractivity contribution is 5.59. The van der Waals surface area contributed by atoms with Crippen molar-refractivity contribution in [1.29, 1.82) is 0 Å². The average Bonchev–Trinajstić information content (AvgIpc) is 2.85. The van der Waals surface area contributed by atoms with Gasteiger partial charge in [-0.2, -0.15) is 0 Å². The minimum Gasteiger partial charge on any atom is -0.444 e. The number of aromatic nitrogens is 1. The molecule has 1 saturated heterocycles. The molecule has 4 nitrogen and oxygen atoms in total. The highest BCUT2D eigenvalue weighted by Crippen LogP contribution is 2.24. The summed E-state index contributed by atoms with van der Waals surface area (Å²) >= 11 is 0. The normalized spacial score (nSPS) is 22.9. The lowest BCUT2D eigenvalue weighted by atomic mass is 10.1. The van der Waals surface area contributed by atoms with Crippen LogP contribution in [0.15, 0.2) is 28.9 Å². The second-order valence-corrected chi connectivity index (χ2v) is 6.41. The molecule has 1 aromatic heterocycles. The molecule has 3 rings (SSSR count). The van der Waals surface area contributed by atoms with Gasteiger partial charge in [-0.1, -0.05) is 17.7 Å². The van der Waals surface area contributed by atoms with Gasteiger partial charge in [0.05, 0.1) is 17.9 Å². The van der Waals surface area contributed by atoms with Crippen LogP contribution in [0.3, 0.4) is 0 Å². The number of aryl methyl sites for hydroxylation is 2. The molecule has 1 aromatic carbocycles. The maximum absolute atomic E-state index is 5.77. The number of rotatable bonds is 3. The van der Waals surface area contributed by atoms with Gasteiger partial charge in [0.15, 0.2) is 0 Å². The second kappa shape index (κ2) is 6.23. The molecule has 1 aliphatic rings. The van der Waals surface area contributed by atoms with Gasteiger partial charge < -0.3 is 9.15 Å².